The lowest BCUT2D eigenvalue weighted by molar-refractivity contribution is -0.274. The molecule has 0 radical (unpaired) electrons. The summed E-state index contributed by atoms with van der Waals surface area (Å²) in [6.45, 7) is 3.00. The Kier molecular flexibility index (Phi) is 3.07. The number of alkyl halides is 3. The molecule has 3 aliphatic rings. The van der Waals surface area contributed by atoms with Crippen LogP contribution in [0.5, 0.6) is 5.75 Å². The highest BCUT2D eigenvalue weighted by molar-refractivity contribution is 5.84. The average Bonchev–Trinajstić information content (AvgIpc) is 2.92. The number of piperidine rings is 3. The standard InChI is InChI=1S/C15H16F3N3O/c16-15(17,18)22-13-3-1-2-11-8-19-21(14(11)13)12-9-20-6-4-10(12)5-7-20/h1-3,8,10,12H,4-7,9H2/t12-/m0/s1. The smallest absolute Gasteiger partial charge is 0.403 e. The fourth-order valence-corrected chi connectivity index (χ4v) is 3.74. The van der Waals surface area contributed by atoms with Crippen molar-refractivity contribution in [3.8, 4) is 5.75 Å². The Morgan fingerprint density at radius 3 is 2.59 bits per heavy atom. The third kappa shape index (κ3) is 2.33. The molecule has 0 saturated carbocycles. The van der Waals surface area contributed by atoms with Crippen molar-refractivity contribution in [2.24, 2.45) is 5.92 Å². The summed E-state index contributed by atoms with van der Waals surface area (Å²) in [5, 5.41) is 5.05. The summed E-state index contributed by atoms with van der Waals surface area (Å²) in [7, 11) is 0. The lowest BCUT2D eigenvalue weighted by Gasteiger charge is -2.44. The second kappa shape index (κ2) is 4.87. The van der Waals surface area contributed by atoms with E-state index in [1.807, 2.05) is 0 Å². The number of hydrogen-bond donors (Lipinski definition) is 0. The van der Waals surface area contributed by atoms with E-state index in [1.54, 1.807) is 23.0 Å². The molecule has 118 valence electrons. The zero-order chi connectivity index (χ0) is 15.3. The van der Waals surface area contributed by atoms with Crippen LogP contribution in [0, 0.1) is 5.92 Å². The molecule has 7 heteroatoms. The minimum Gasteiger partial charge on any atom is -0.403 e. The summed E-state index contributed by atoms with van der Waals surface area (Å²) >= 11 is 0. The molecule has 22 heavy (non-hydrogen) atoms. The van der Waals surface area contributed by atoms with Crippen LogP contribution >= 0.6 is 0 Å². The van der Waals surface area contributed by atoms with Crippen molar-refractivity contribution in [3.05, 3.63) is 24.4 Å². The van der Waals surface area contributed by atoms with Gasteiger partial charge >= 0.3 is 6.36 Å². The van der Waals surface area contributed by atoms with Crippen molar-refractivity contribution >= 4 is 10.9 Å². The number of benzene rings is 1. The molecule has 4 nitrogen and oxygen atoms in total. The van der Waals surface area contributed by atoms with Crippen LogP contribution in [0.15, 0.2) is 24.4 Å². The van der Waals surface area contributed by atoms with Crippen molar-refractivity contribution < 1.29 is 17.9 Å². The highest BCUT2D eigenvalue weighted by Crippen LogP contribution is 2.39. The predicted molar refractivity (Wildman–Crippen MR) is 74.6 cm³/mol. The summed E-state index contributed by atoms with van der Waals surface area (Å²) in [6, 6.07) is 4.81. The summed E-state index contributed by atoms with van der Waals surface area (Å²) in [4.78, 5) is 2.35. The van der Waals surface area contributed by atoms with E-state index in [4.69, 9.17) is 0 Å². The van der Waals surface area contributed by atoms with Crippen molar-refractivity contribution in [2.45, 2.75) is 25.2 Å². The number of aromatic nitrogens is 2. The van der Waals surface area contributed by atoms with E-state index >= 15 is 0 Å². The molecule has 0 unspecified atom stereocenters. The normalized spacial score (nSPS) is 28.2. The molecule has 1 atom stereocenters. The van der Waals surface area contributed by atoms with E-state index < -0.39 is 6.36 Å². The van der Waals surface area contributed by atoms with E-state index in [0.29, 0.717) is 16.8 Å². The zero-order valence-electron chi connectivity index (χ0n) is 11.9. The van der Waals surface area contributed by atoms with Gasteiger partial charge in [0.2, 0.25) is 0 Å². The Morgan fingerprint density at radius 1 is 1.18 bits per heavy atom. The quantitative estimate of drug-likeness (QED) is 0.853. The van der Waals surface area contributed by atoms with Crippen molar-refractivity contribution in [2.75, 3.05) is 19.6 Å². The van der Waals surface area contributed by atoms with E-state index in [9.17, 15) is 13.2 Å². The number of hydrogen-bond acceptors (Lipinski definition) is 3. The first kappa shape index (κ1) is 13.9. The van der Waals surface area contributed by atoms with Gasteiger partial charge in [-0.25, -0.2) is 0 Å². The number of halogens is 3. The molecule has 1 aromatic carbocycles. The van der Waals surface area contributed by atoms with Gasteiger partial charge in [0, 0.05) is 11.9 Å². The van der Waals surface area contributed by atoms with Gasteiger partial charge in [0.05, 0.1) is 12.2 Å². The number of para-hydroxylation sites is 1. The monoisotopic (exact) mass is 311 g/mol. The topological polar surface area (TPSA) is 30.3 Å². The third-order valence-corrected chi connectivity index (χ3v) is 4.74. The van der Waals surface area contributed by atoms with Crippen molar-refractivity contribution in [1.29, 1.82) is 0 Å². The van der Waals surface area contributed by atoms with Crippen LogP contribution in [-0.4, -0.2) is 40.7 Å². The summed E-state index contributed by atoms with van der Waals surface area (Å²) in [5.74, 6) is 0.311. The fraction of sp³-hybridized carbons (Fsp3) is 0.533. The van der Waals surface area contributed by atoms with Gasteiger partial charge < -0.3 is 9.64 Å². The second-order valence-corrected chi connectivity index (χ2v) is 6.04. The first-order valence-corrected chi connectivity index (χ1v) is 7.45. The van der Waals surface area contributed by atoms with Gasteiger partial charge in [0.15, 0.2) is 5.75 Å². The number of ether oxygens (including phenoxy) is 1. The molecule has 4 heterocycles. The summed E-state index contributed by atoms with van der Waals surface area (Å²) < 4.78 is 43.9. The van der Waals surface area contributed by atoms with Gasteiger partial charge in [0.1, 0.15) is 5.52 Å². The van der Waals surface area contributed by atoms with Crippen LogP contribution in [-0.2, 0) is 0 Å². The SMILES string of the molecule is FC(F)(F)Oc1cccc2cnn([C@H]3CN4CCC3CC4)c12. The van der Waals surface area contributed by atoms with Gasteiger partial charge in [-0.3, -0.25) is 4.68 Å². The molecule has 3 aliphatic heterocycles. The Hall–Kier alpha value is -1.76. The Morgan fingerprint density at radius 2 is 1.95 bits per heavy atom. The average molecular weight is 311 g/mol. The maximum atomic E-state index is 12.6. The number of rotatable bonds is 2. The maximum absolute atomic E-state index is 12.6. The Bertz CT molecular complexity index is 689. The molecule has 0 spiro atoms. The Balaban J connectivity index is 1.78. The molecule has 3 fully saturated rings. The molecule has 1 aromatic heterocycles. The first-order chi connectivity index (χ1) is 10.5. The van der Waals surface area contributed by atoms with E-state index in [-0.39, 0.29) is 11.8 Å². The van der Waals surface area contributed by atoms with Crippen LogP contribution in [0.1, 0.15) is 18.9 Å². The van der Waals surface area contributed by atoms with Crippen molar-refractivity contribution in [3.63, 3.8) is 0 Å². The molecule has 0 N–H and O–H groups in total. The molecule has 2 bridgehead atoms. The molecule has 0 amide bonds. The van der Waals surface area contributed by atoms with Crippen LogP contribution < -0.4 is 4.74 Å². The summed E-state index contributed by atoms with van der Waals surface area (Å²) in [5.41, 5.74) is 0.443. The summed E-state index contributed by atoms with van der Waals surface area (Å²) in [6.07, 6.45) is -0.919. The van der Waals surface area contributed by atoms with Gasteiger partial charge in [-0.2, -0.15) is 5.10 Å². The molecular formula is C15H16F3N3O. The van der Waals surface area contributed by atoms with Crippen LogP contribution in [0.25, 0.3) is 10.9 Å². The number of fused-ring (bicyclic) bond motifs is 4. The Labute approximate surface area is 125 Å². The molecule has 2 aromatic rings. The van der Waals surface area contributed by atoms with Gasteiger partial charge in [0.25, 0.3) is 0 Å². The maximum Gasteiger partial charge on any atom is 0.573 e. The lowest BCUT2D eigenvalue weighted by atomic mass is 9.84. The fourth-order valence-electron chi connectivity index (χ4n) is 3.74. The predicted octanol–water partition coefficient (Wildman–Crippen LogP) is 3.20. The lowest BCUT2D eigenvalue weighted by Crippen LogP contribution is -2.48. The van der Waals surface area contributed by atoms with E-state index in [2.05, 4.69) is 14.7 Å². The van der Waals surface area contributed by atoms with E-state index in [1.165, 1.54) is 6.07 Å². The van der Waals surface area contributed by atoms with Gasteiger partial charge in [-0.15, -0.1) is 13.2 Å². The molecule has 5 rings (SSSR count). The molecule has 3 saturated heterocycles. The minimum absolute atomic E-state index is 0.123. The minimum atomic E-state index is -4.70. The third-order valence-electron chi connectivity index (χ3n) is 4.74. The van der Waals surface area contributed by atoms with Crippen LogP contribution in [0.4, 0.5) is 13.2 Å². The van der Waals surface area contributed by atoms with Gasteiger partial charge in [-0.05, 0) is 37.9 Å². The van der Waals surface area contributed by atoms with E-state index in [0.717, 1.165) is 32.5 Å². The van der Waals surface area contributed by atoms with Crippen molar-refractivity contribution in [1.82, 2.24) is 14.7 Å². The largest absolute Gasteiger partial charge is 0.573 e. The first-order valence-electron chi connectivity index (χ1n) is 7.45. The number of nitrogens with zero attached hydrogens (tertiary/aromatic N) is 3. The molecular weight excluding hydrogens is 295 g/mol. The highest BCUT2D eigenvalue weighted by atomic mass is 19.4. The van der Waals surface area contributed by atoms with Crippen LogP contribution in [0.2, 0.25) is 0 Å². The zero-order valence-corrected chi connectivity index (χ0v) is 11.9. The highest BCUT2D eigenvalue weighted by Gasteiger charge is 2.37. The molecule has 0 aliphatic carbocycles. The van der Waals surface area contributed by atoms with Crippen LogP contribution in [0.3, 0.4) is 0 Å². The second-order valence-electron chi connectivity index (χ2n) is 6.04. The van der Waals surface area contributed by atoms with Gasteiger partial charge in [-0.1, -0.05) is 12.1 Å².